The fourth-order valence-electron chi connectivity index (χ4n) is 2.26. The van der Waals surface area contributed by atoms with Crippen molar-refractivity contribution in [2.75, 3.05) is 4.90 Å². The molecule has 22 heavy (non-hydrogen) atoms. The van der Waals surface area contributed by atoms with Crippen LogP contribution in [0.1, 0.15) is 10.4 Å². The molecule has 112 valence electrons. The Morgan fingerprint density at radius 2 is 2.09 bits per heavy atom. The number of carbonyl (C=O) groups is 2. The molecule has 0 atom stereocenters. The van der Waals surface area contributed by atoms with E-state index in [1.165, 1.54) is 23.5 Å². The molecule has 0 fully saturated rings. The highest BCUT2D eigenvalue weighted by atomic mass is 79.9. The predicted molar refractivity (Wildman–Crippen MR) is 90.0 cm³/mol. The van der Waals surface area contributed by atoms with Gasteiger partial charge in [0, 0.05) is 15.1 Å². The van der Waals surface area contributed by atoms with Gasteiger partial charge in [0.1, 0.15) is 5.76 Å². The fourth-order valence-corrected chi connectivity index (χ4v) is 3.95. The number of benzene rings is 1. The summed E-state index contributed by atoms with van der Waals surface area (Å²) in [6, 6.07) is 5.42. The molecule has 1 aromatic carbocycles. The molecule has 0 radical (unpaired) electrons. The van der Waals surface area contributed by atoms with Crippen LogP contribution in [0, 0.1) is 0 Å². The van der Waals surface area contributed by atoms with Gasteiger partial charge in [-0.3, -0.25) is 4.79 Å². The van der Waals surface area contributed by atoms with Crippen LogP contribution in [0.15, 0.2) is 34.1 Å². The Hall–Kier alpha value is -1.83. The number of thiophene rings is 1. The van der Waals surface area contributed by atoms with E-state index in [9.17, 15) is 14.7 Å². The average Bonchev–Trinajstić information content (AvgIpc) is 2.98. The molecule has 8 heteroatoms. The van der Waals surface area contributed by atoms with Gasteiger partial charge in [0.05, 0.1) is 16.1 Å². The molecule has 1 aromatic heterocycles. The second-order valence-electron chi connectivity index (χ2n) is 4.46. The van der Waals surface area contributed by atoms with Gasteiger partial charge in [-0.05, 0) is 45.6 Å². The first-order chi connectivity index (χ1) is 10.4. The number of urea groups is 1. The van der Waals surface area contributed by atoms with Crippen LogP contribution in [-0.4, -0.2) is 17.0 Å². The first-order valence-corrected chi connectivity index (χ1v) is 8.07. The SMILES string of the molecule is NC(=O)N1C(=O)C(=C(O)c2sccc2Br)c2cc(Cl)ccc21. The average molecular weight is 400 g/mol. The van der Waals surface area contributed by atoms with Crippen LogP contribution in [0.4, 0.5) is 10.5 Å². The standard InChI is InChI=1S/C14H8BrClN2O3S/c15-8-3-4-22-12(8)11(19)10-7-5-6(16)1-2-9(7)18(13(10)20)14(17)21/h1-5,19H,(H2,17,21). The Labute approximate surface area is 142 Å². The summed E-state index contributed by atoms with van der Waals surface area (Å²) in [5.74, 6) is -0.901. The lowest BCUT2D eigenvalue weighted by atomic mass is 10.1. The minimum absolute atomic E-state index is 0.000509. The van der Waals surface area contributed by atoms with E-state index in [0.29, 0.717) is 25.6 Å². The number of amides is 3. The number of rotatable bonds is 1. The second-order valence-corrected chi connectivity index (χ2v) is 6.67. The lowest BCUT2D eigenvalue weighted by molar-refractivity contribution is -0.112. The lowest BCUT2D eigenvalue weighted by Crippen LogP contribution is -2.37. The molecular formula is C14H8BrClN2O3S. The number of anilines is 1. The Morgan fingerprint density at radius 1 is 1.36 bits per heavy atom. The lowest BCUT2D eigenvalue weighted by Gasteiger charge is -2.11. The first-order valence-electron chi connectivity index (χ1n) is 6.02. The molecule has 3 amide bonds. The van der Waals surface area contributed by atoms with Crippen LogP contribution in [0.25, 0.3) is 11.3 Å². The number of halogens is 2. The molecule has 3 N–H and O–H groups in total. The van der Waals surface area contributed by atoms with Crippen LogP contribution in [0.2, 0.25) is 5.02 Å². The zero-order chi connectivity index (χ0) is 16.0. The number of imide groups is 1. The number of nitrogens with zero attached hydrogens (tertiary/aromatic N) is 1. The third-order valence-corrected chi connectivity index (χ3v) is 5.25. The van der Waals surface area contributed by atoms with Gasteiger partial charge in [-0.2, -0.15) is 0 Å². The van der Waals surface area contributed by atoms with Crippen molar-refractivity contribution < 1.29 is 14.7 Å². The molecule has 2 heterocycles. The number of aliphatic hydroxyl groups excluding tert-OH is 1. The highest BCUT2D eigenvalue weighted by molar-refractivity contribution is 9.10. The molecular weight excluding hydrogens is 392 g/mol. The maximum atomic E-state index is 12.5. The number of primary amides is 1. The van der Waals surface area contributed by atoms with E-state index in [4.69, 9.17) is 17.3 Å². The van der Waals surface area contributed by atoms with Gasteiger partial charge in [-0.15, -0.1) is 11.3 Å². The normalized spacial score (nSPS) is 15.9. The third-order valence-electron chi connectivity index (χ3n) is 3.18. The maximum Gasteiger partial charge on any atom is 0.326 e. The number of hydrogen-bond donors (Lipinski definition) is 2. The number of nitrogens with two attached hydrogens (primary N) is 1. The highest BCUT2D eigenvalue weighted by Gasteiger charge is 2.38. The Kier molecular flexibility index (Phi) is 3.72. The van der Waals surface area contributed by atoms with Crippen LogP contribution in [0.5, 0.6) is 0 Å². The Morgan fingerprint density at radius 3 is 2.68 bits per heavy atom. The van der Waals surface area contributed by atoms with E-state index >= 15 is 0 Å². The van der Waals surface area contributed by atoms with Gasteiger partial charge in [-0.25, -0.2) is 9.69 Å². The van der Waals surface area contributed by atoms with E-state index in [1.54, 1.807) is 17.5 Å². The Balaban J connectivity index is 2.30. The van der Waals surface area contributed by atoms with Crippen molar-refractivity contribution in [1.82, 2.24) is 0 Å². The molecule has 2 aromatic rings. The van der Waals surface area contributed by atoms with Crippen LogP contribution >= 0.6 is 38.9 Å². The largest absolute Gasteiger partial charge is 0.506 e. The molecule has 0 spiro atoms. The fraction of sp³-hybridized carbons (Fsp3) is 0. The molecule has 0 aliphatic carbocycles. The topological polar surface area (TPSA) is 83.6 Å². The summed E-state index contributed by atoms with van der Waals surface area (Å²) >= 11 is 10.5. The summed E-state index contributed by atoms with van der Waals surface area (Å²) in [6.45, 7) is 0. The van der Waals surface area contributed by atoms with Gasteiger partial charge in [0.2, 0.25) is 0 Å². The van der Waals surface area contributed by atoms with Crippen LogP contribution in [0.3, 0.4) is 0 Å². The third kappa shape index (κ3) is 2.22. The smallest absolute Gasteiger partial charge is 0.326 e. The minimum Gasteiger partial charge on any atom is -0.506 e. The molecule has 0 unspecified atom stereocenters. The maximum absolute atomic E-state index is 12.5. The minimum atomic E-state index is -0.915. The monoisotopic (exact) mass is 398 g/mol. The van der Waals surface area contributed by atoms with Crippen LogP contribution < -0.4 is 10.6 Å². The van der Waals surface area contributed by atoms with E-state index in [0.717, 1.165) is 4.90 Å². The molecule has 1 aliphatic heterocycles. The summed E-state index contributed by atoms with van der Waals surface area (Å²) in [6.07, 6.45) is 0. The zero-order valence-corrected chi connectivity index (χ0v) is 14.0. The van der Waals surface area contributed by atoms with Crippen LogP contribution in [-0.2, 0) is 4.79 Å². The van der Waals surface area contributed by atoms with Gasteiger partial charge in [-0.1, -0.05) is 11.6 Å². The second kappa shape index (κ2) is 5.42. The van der Waals surface area contributed by atoms with Crippen molar-refractivity contribution in [1.29, 1.82) is 0 Å². The quantitative estimate of drug-likeness (QED) is 0.561. The van der Waals surface area contributed by atoms with E-state index in [1.807, 2.05) is 0 Å². The summed E-state index contributed by atoms with van der Waals surface area (Å²) in [7, 11) is 0. The van der Waals surface area contributed by atoms with Crippen molar-refractivity contribution in [2.24, 2.45) is 5.73 Å². The van der Waals surface area contributed by atoms with E-state index in [2.05, 4.69) is 15.9 Å². The molecule has 0 bridgehead atoms. The Bertz CT molecular complexity index is 846. The molecule has 3 rings (SSSR count). The van der Waals surface area contributed by atoms with Gasteiger partial charge >= 0.3 is 6.03 Å². The van der Waals surface area contributed by atoms with E-state index in [-0.39, 0.29) is 11.3 Å². The number of fused-ring (bicyclic) bond motifs is 1. The summed E-state index contributed by atoms with van der Waals surface area (Å²) < 4.78 is 0.649. The van der Waals surface area contributed by atoms with Gasteiger partial charge in [0.25, 0.3) is 5.91 Å². The number of hydrogen-bond acceptors (Lipinski definition) is 4. The predicted octanol–water partition coefficient (Wildman–Crippen LogP) is 4.02. The number of aliphatic hydroxyl groups is 1. The van der Waals surface area contributed by atoms with Gasteiger partial charge in [0.15, 0.2) is 0 Å². The number of carbonyl (C=O) groups excluding carboxylic acids is 2. The van der Waals surface area contributed by atoms with Gasteiger partial charge < -0.3 is 10.8 Å². The molecule has 1 aliphatic rings. The summed E-state index contributed by atoms with van der Waals surface area (Å²) in [5.41, 5.74) is 5.95. The van der Waals surface area contributed by atoms with E-state index < -0.39 is 11.9 Å². The molecule has 0 saturated heterocycles. The molecule has 0 saturated carbocycles. The first kappa shape index (κ1) is 15.1. The van der Waals surface area contributed by atoms with Crippen molar-refractivity contribution in [3.05, 3.63) is 49.6 Å². The van der Waals surface area contributed by atoms with Crippen molar-refractivity contribution in [3.8, 4) is 0 Å². The van der Waals surface area contributed by atoms with Crippen molar-refractivity contribution in [3.63, 3.8) is 0 Å². The van der Waals surface area contributed by atoms with Crippen molar-refractivity contribution in [2.45, 2.75) is 0 Å². The summed E-state index contributed by atoms with van der Waals surface area (Å²) in [5, 5.41) is 12.7. The molecule has 5 nitrogen and oxygen atoms in total. The highest BCUT2D eigenvalue weighted by Crippen LogP contribution is 2.43. The zero-order valence-electron chi connectivity index (χ0n) is 10.8. The van der Waals surface area contributed by atoms with Crippen molar-refractivity contribution >= 4 is 67.8 Å². The summed E-state index contributed by atoms with van der Waals surface area (Å²) in [4.78, 5) is 25.4.